The van der Waals surface area contributed by atoms with Crippen LogP contribution in [0.3, 0.4) is 0 Å². The molecule has 1 aromatic carbocycles. The first-order chi connectivity index (χ1) is 12.7. The average Bonchev–Trinajstić information content (AvgIpc) is 3.18. The number of rotatable bonds is 5. The molecule has 0 saturated carbocycles. The van der Waals surface area contributed by atoms with Gasteiger partial charge in [-0.05, 0) is 37.1 Å². The molecular weight excluding hydrogens is 366 g/mol. The van der Waals surface area contributed by atoms with Gasteiger partial charge in [-0.15, -0.1) is 0 Å². The van der Waals surface area contributed by atoms with Crippen molar-refractivity contribution in [1.29, 1.82) is 0 Å². The number of nitrogens with zero attached hydrogens (tertiary/aromatic N) is 4. The Bertz CT molecular complexity index is 835. The van der Waals surface area contributed by atoms with Crippen molar-refractivity contribution < 1.29 is 22.4 Å². The Balaban J connectivity index is 1.93. The first kappa shape index (κ1) is 19.4. The summed E-state index contributed by atoms with van der Waals surface area (Å²) in [7, 11) is 1.09. The largest absolute Gasteiger partial charge is 0.406 e. The zero-order valence-corrected chi connectivity index (χ0v) is 14.8. The van der Waals surface area contributed by atoms with Gasteiger partial charge in [-0.1, -0.05) is 0 Å². The highest BCUT2D eigenvalue weighted by molar-refractivity contribution is 5.83. The number of likely N-dealkylation sites (N-methyl/N-ethyl adjacent to an activating group) is 1. The second-order valence-corrected chi connectivity index (χ2v) is 6.83. The second-order valence-electron chi connectivity index (χ2n) is 6.83. The highest BCUT2D eigenvalue weighted by Gasteiger charge is 2.32. The number of carbonyl (C=O) groups excluding carboxylic acids is 1. The molecule has 6 nitrogen and oxygen atoms in total. The van der Waals surface area contributed by atoms with Gasteiger partial charge in [-0.25, -0.2) is 9.37 Å². The minimum atomic E-state index is -4.49. The van der Waals surface area contributed by atoms with Crippen molar-refractivity contribution in [2.45, 2.75) is 19.1 Å². The summed E-state index contributed by atoms with van der Waals surface area (Å²) in [6, 6.07) is 3.98. The number of halogens is 4. The smallest absolute Gasteiger partial charge is 0.342 e. The quantitative estimate of drug-likeness (QED) is 0.797. The van der Waals surface area contributed by atoms with E-state index in [9.17, 15) is 22.4 Å². The van der Waals surface area contributed by atoms with Crippen molar-refractivity contribution in [3.8, 4) is 0 Å². The van der Waals surface area contributed by atoms with Crippen molar-refractivity contribution in [2.24, 2.45) is 11.7 Å². The second kappa shape index (κ2) is 7.34. The lowest BCUT2D eigenvalue weighted by Gasteiger charge is -2.22. The minimum absolute atomic E-state index is 0.276. The summed E-state index contributed by atoms with van der Waals surface area (Å²) in [5.74, 6) is -0.516. The van der Waals surface area contributed by atoms with Gasteiger partial charge in [0.05, 0.1) is 11.0 Å². The predicted molar refractivity (Wildman–Crippen MR) is 92.8 cm³/mol. The number of fused-ring (bicyclic) bond motifs is 1. The molecule has 0 bridgehead atoms. The van der Waals surface area contributed by atoms with Crippen LogP contribution < -0.4 is 10.6 Å². The molecular formula is C17H21F4N5O. The third-order valence-electron chi connectivity index (χ3n) is 4.73. The fourth-order valence-electron chi connectivity index (χ4n) is 3.30. The van der Waals surface area contributed by atoms with Crippen molar-refractivity contribution in [1.82, 2.24) is 14.5 Å². The number of hydrogen-bond donors (Lipinski definition) is 1. The van der Waals surface area contributed by atoms with Crippen molar-refractivity contribution in [2.75, 3.05) is 38.1 Å². The molecule has 2 heterocycles. The van der Waals surface area contributed by atoms with Gasteiger partial charge in [0.1, 0.15) is 18.9 Å². The SMILES string of the molecule is CN(CC(F)(F)F)C(=O)Cn1c(N2CC[C@@H](CN)C2)nc2ccc(F)cc21. The van der Waals surface area contributed by atoms with E-state index in [1.165, 1.54) is 22.8 Å². The van der Waals surface area contributed by atoms with E-state index in [-0.39, 0.29) is 12.5 Å². The van der Waals surface area contributed by atoms with Gasteiger partial charge in [-0.3, -0.25) is 4.79 Å². The van der Waals surface area contributed by atoms with Gasteiger partial charge in [0.25, 0.3) is 0 Å². The summed E-state index contributed by atoms with van der Waals surface area (Å²) in [4.78, 5) is 19.4. The molecule has 3 rings (SSSR count). The van der Waals surface area contributed by atoms with E-state index in [2.05, 4.69) is 4.98 Å². The van der Waals surface area contributed by atoms with E-state index in [1.807, 2.05) is 4.90 Å². The Kier molecular flexibility index (Phi) is 5.27. The molecule has 1 fully saturated rings. The number of anilines is 1. The molecule has 1 aliphatic heterocycles. The number of benzene rings is 1. The molecule has 27 heavy (non-hydrogen) atoms. The first-order valence-corrected chi connectivity index (χ1v) is 8.59. The maximum absolute atomic E-state index is 13.7. The third-order valence-corrected chi connectivity index (χ3v) is 4.73. The van der Waals surface area contributed by atoms with Crippen LogP contribution in [0.1, 0.15) is 6.42 Å². The van der Waals surface area contributed by atoms with Crippen LogP contribution in [0.2, 0.25) is 0 Å². The summed E-state index contributed by atoms with van der Waals surface area (Å²) >= 11 is 0. The number of carbonyl (C=O) groups is 1. The summed E-state index contributed by atoms with van der Waals surface area (Å²) in [6.45, 7) is 0.112. The zero-order chi connectivity index (χ0) is 19.8. The normalized spacial score (nSPS) is 17.7. The third kappa shape index (κ3) is 4.32. The fraction of sp³-hybridized carbons (Fsp3) is 0.529. The van der Waals surface area contributed by atoms with Gasteiger partial charge >= 0.3 is 6.18 Å². The number of hydrogen-bond acceptors (Lipinski definition) is 4. The molecule has 148 valence electrons. The lowest BCUT2D eigenvalue weighted by Crippen LogP contribution is -2.38. The van der Waals surface area contributed by atoms with Crippen LogP contribution >= 0.6 is 0 Å². The Labute approximate surface area is 153 Å². The number of aromatic nitrogens is 2. The average molecular weight is 387 g/mol. The summed E-state index contributed by atoms with van der Waals surface area (Å²) in [5.41, 5.74) is 6.57. The van der Waals surface area contributed by atoms with Gasteiger partial charge in [-0.2, -0.15) is 13.2 Å². The molecule has 1 aromatic heterocycles. The molecule has 0 radical (unpaired) electrons. The first-order valence-electron chi connectivity index (χ1n) is 8.59. The number of imidazole rings is 1. The lowest BCUT2D eigenvalue weighted by molar-refractivity contribution is -0.158. The van der Waals surface area contributed by atoms with Crippen molar-refractivity contribution in [3.63, 3.8) is 0 Å². The summed E-state index contributed by atoms with van der Waals surface area (Å²) < 4.78 is 52.9. The van der Waals surface area contributed by atoms with E-state index in [0.717, 1.165) is 13.5 Å². The molecule has 1 amide bonds. The van der Waals surface area contributed by atoms with Crippen LogP contribution in [0.4, 0.5) is 23.5 Å². The Morgan fingerprint density at radius 3 is 2.78 bits per heavy atom. The zero-order valence-electron chi connectivity index (χ0n) is 14.8. The van der Waals surface area contributed by atoms with Crippen LogP contribution in [-0.4, -0.2) is 59.8 Å². The van der Waals surface area contributed by atoms with E-state index >= 15 is 0 Å². The van der Waals surface area contributed by atoms with E-state index < -0.39 is 24.4 Å². The maximum Gasteiger partial charge on any atom is 0.406 e. The maximum atomic E-state index is 13.7. The lowest BCUT2D eigenvalue weighted by atomic mass is 10.1. The molecule has 2 N–H and O–H groups in total. The highest BCUT2D eigenvalue weighted by Crippen LogP contribution is 2.28. The topological polar surface area (TPSA) is 67.4 Å². The Hall–Kier alpha value is -2.36. The van der Waals surface area contributed by atoms with Gasteiger partial charge < -0.3 is 20.1 Å². The molecule has 2 aromatic rings. The van der Waals surface area contributed by atoms with E-state index in [4.69, 9.17) is 5.73 Å². The molecule has 0 unspecified atom stereocenters. The van der Waals surface area contributed by atoms with Gasteiger partial charge in [0.15, 0.2) is 0 Å². The van der Waals surface area contributed by atoms with Crippen molar-refractivity contribution >= 4 is 22.9 Å². The van der Waals surface area contributed by atoms with Crippen LogP contribution in [0.15, 0.2) is 18.2 Å². The fourth-order valence-corrected chi connectivity index (χ4v) is 3.30. The van der Waals surface area contributed by atoms with Gasteiger partial charge in [0.2, 0.25) is 11.9 Å². The molecule has 10 heteroatoms. The summed E-state index contributed by atoms with van der Waals surface area (Å²) in [5, 5.41) is 0. The van der Waals surface area contributed by atoms with E-state index in [1.54, 1.807) is 0 Å². The van der Waals surface area contributed by atoms with Crippen molar-refractivity contribution in [3.05, 3.63) is 24.0 Å². The van der Waals surface area contributed by atoms with Crippen LogP contribution in [-0.2, 0) is 11.3 Å². The number of alkyl halides is 3. The minimum Gasteiger partial charge on any atom is -0.342 e. The Morgan fingerprint density at radius 2 is 2.15 bits per heavy atom. The molecule has 0 aliphatic carbocycles. The number of nitrogens with two attached hydrogens (primary N) is 1. The monoisotopic (exact) mass is 387 g/mol. The predicted octanol–water partition coefficient (Wildman–Crippen LogP) is 1.98. The van der Waals surface area contributed by atoms with E-state index in [0.29, 0.717) is 41.5 Å². The summed E-state index contributed by atoms with van der Waals surface area (Å²) in [6.07, 6.45) is -3.63. The molecule has 1 atom stereocenters. The van der Waals surface area contributed by atoms with Crippen LogP contribution in [0.5, 0.6) is 0 Å². The van der Waals surface area contributed by atoms with Crippen LogP contribution in [0, 0.1) is 11.7 Å². The number of amides is 1. The standard InChI is InChI=1S/C17H21F4N5O/c1-24(10-17(19,20)21)15(27)9-26-14-6-12(18)2-3-13(14)23-16(26)25-5-4-11(7-22)8-25/h2-3,6,11H,4-5,7-10,22H2,1H3/t11-/m0/s1. The van der Waals surface area contributed by atoms with Crippen LogP contribution in [0.25, 0.3) is 11.0 Å². The molecule has 0 spiro atoms. The highest BCUT2D eigenvalue weighted by atomic mass is 19.4. The Morgan fingerprint density at radius 1 is 1.41 bits per heavy atom. The molecule has 1 saturated heterocycles. The molecule has 1 aliphatic rings. The van der Waals surface area contributed by atoms with Gasteiger partial charge in [0, 0.05) is 20.1 Å².